The highest BCUT2D eigenvalue weighted by Gasteiger charge is 2.06. The second-order valence-electron chi connectivity index (χ2n) is 4.33. The van der Waals surface area contributed by atoms with Crippen LogP contribution in [0.2, 0.25) is 0 Å². The number of methoxy groups -OCH3 is 1. The van der Waals surface area contributed by atoms with Gasteiger partial charge in [-0.05, 0) is 67.8 Å². The summed E-state index contributed by atoms with van der Waals surface area (Å²) in [5.41, 5.74) is 3.61. The molecule has 0 fully saturated rings. The smallest absolute Gasteiger partial charge is 0.138 e. The van der Waals surface area contributed by atoms with Gasteiger partial charge in [-0.3, -0.25) is 0 Å². The molecule has 0 saturated heterocycles. The van der Waals surface area contributed by atoms with Gasteiger partial charge in [-0.15, -0.1) is 0 Å². The zero-order valence-electron chi connectivity index (χ0n) is 11.2. The van der Waals surface area contributed by atoms with Crippen molar-refractivity contribution in [2.24, 2.45) is 0 Å². The number of rotatable bonds is 3. The Morgan fingerprint density at radius 2 is 1.50 bits per heavy atom. The molecular formula is C16H17O2. The summed E-state index contributed by atoms with van der Waals surface area (Å²) in [4.78, 5) is 0. The van der Waals surface area contributed by atoms with Crippen LogP contribution < -0.4 is 9.47 Å². The molecule has 2 aromatic rings. The van der Waals surface area contributed by atoms with E-state index in [1.165, 1.54) is 11.1 Å². The summed E-state index contributed by atoms with van der Waals surface area (Å²) in [7, 11) is 1.65. The molecule has 18 heavy (non-hydrogen) atoms. The van der Waals surface area contributed by atoms with E-state index in [0.717, 1.165) is 22.8 Å². The third-order valence-electron chi connectivity index (χ3n) is 3.19. The number of hydrogen-bond donors (Lipinski definition) is 0. The van der Waals surface area contributed by atoms with Gasteiger partial charge in [0.1, 0.15) is 17.2 Å². The predicted molar refractivity (Wildman–Crippen MR) is 72.6 cm³/mol. The van der Waals surface area contributed by atoms with Gasteiger partial charge in [0.25, 0.3) is 0 Å². The first-order valence-electron chi connectivity index (χ1n) is 5.92. The van der Waals surface area contributed by atoms with Crippen molar-refractivity contribution in [3.63, 3.8) is 0 Å². The molecule has 2 aromatic carbocycles. The molecule has 2 nitrogen and oxygen atoms in total. The molecule has 0 aliphatic rings. The molecule has 0 unspecified atom stereocenters. The number of aryl methyl sites for hydroxylation is 1. The molecular weight excluding hydrogens is 224 g/mol. The lowest BCUT2D eigenvalue weighted by atomic mass is 10.0. The Bertz CT molecular complexity index is 542. The maximum atomic E-state index is 5.83. The fourth-order valence-electron chi connectivity index (χ4n) is 1.72. The summed E-state index contributed by atoms with van der Waals surface area (Å²) in [5, 5.41) is 0. The van der Waals surface area contributed by atoms with Gasteiger partial charge in [0.15, 0.2) is 0 Å². The Labute approximate surface area is 108 Å². The SMILES string of the molecule is COc1ccc(Oc2[c]cc(C)c(C)c2C)cc1. The number of benzene rings is 2. The molecule has 93 valence electrons. The van der Waals surface area contributed by atoms with E-state index in [4.69, 9.17) is 9.47 Å². The summed E-state index contributed by atoms with van der Waals surface area (Å²) in [6.07, 6.45) is 0. The van der Waals surface area contributed by atoms with Gasteiger partial charge in [0.05, 0.1) is 7.11 Å². The Hall–Kier alpha value is -1.96. The van der Waals surface area contributed by atoms with Gasteiger partial charge >= 0.3 is 0 Å². The van der Waals surface area contributed by atoms with Crippen LogP contribution in [0.4, 0.5) is 0 Å². The van der Waals surface area contributed by atoms with Crippen LogP contribution in [-0.4, -0.2) is 7.11 Å². The van der Waals surface area contributed by atoms with Gasteiger partial charge < -0.3 is 9.47 Å². The van der Waals surface area contributed by atoms with Gasteiger partial charge in [-0.1, -0.05) is 0 Å². The lowest BCUT2D eigenvalue weighted by Gasteiger charge is -2.12. The van der Waals surface area contributed by atoms with Crippen molar-refractivity contribution in [2.75, 3.05) is 7.11 Å². The third-order valence-corrected chi connectivity index (χ3v) is 3.19. The summed E-state index contributed by atoms with van der Waals surface area (Å²) >= 11 is 0. The maximum Gasteiger partial charge on any atom is 0.138 e. The van der Waals surface area contributed by atoms with Gasteiger partial charge in [0, 0.05) is 6.07 Å². The summed E-state index contributed by atoms with van der Waals surface area (Å²) in [5.74, 6) is 2.39. The van der Waals surface area contributed by atoms with Crippen LogP contribution in [0, 0.1) is 26.8 Å². The van der Waals surface area contributed by atoms with E-state index < -0.39 is 0 Å². The van der Waals surface area contributed by atoms with Crippen molar-refractivity contribution in [2.45, 2.75) is 20.8 Å². The van der Waals surface area contributed by atoms with E-state index in [2.05, 4.69) is 26.8 Å². The first kappa shape index (κ1) is 12.5. The fourth-order valence-corrected chi connectivity index (χ4v) is 1.72. The molecule has 2 heteroatoms. The summed E-state index contributed by atoms with van der Waals surface area (Å²) < 4.78 is 10.9. The Morgan fingerprint density at radius 3 is 2.11 bits per heavy atom. The standard InChI is InChI=1S/C16H17O2/c1-11-5-10-16(13(3)12(11)2)18-15-8-6-14(17-4)7-9-15/h5-9H,1-4H3. The van der Waals surface area contributed by atoms with Crippen LogP contribution in [0.25, 0.3) is 0 Å². The molecule has 0 atom stereocenters. The predicted octanol–water partition coefficient (Wildman–Crippen LogP) is 4.21. The van der Waals surface area contributed by atoms with Crippen molar-refractivity contribution < 1.29 is 9.47 Å². The highest BCUT2D eigenvalue weighted by Crippen LogP contribution is 2.28. The molecule has 0 amide bonds. The van der Waals surface area contributed by atoms with Crippen LogP contribution in [0.5, 0.6) is 17.2 Å². The van der Waals surface area contributed by atoms with E-state index in [9.17, 15) is 0 Å². The second-order valence-corrected chi connectivity index (χ2v) is 4.33. The van der Waals surface area contributed by atoms with Crippen LogP contribution in [-0.2, 0) is 0 Å². The van der Waals surface area contributed by atoms with Crippen LogP contribution in [0.15, 0.2) is 30.3 Å². The van der Waals surface area contributed by atoms with Crippen molar-refractivity contribution in [1.29, 1.82) is 0 Å². The molecule has 0 heterocycles. The average Bonchev–Trinajstić information content (AvgIpc) is 2.40. The zero-order valence-corrected chi connectivity index (χ0v) is 11.2. The first-order chi connectivity index (χ1) is 8.61. The molecule has 0 bridgehead atoms. The van der Waals surface area contributed by atoms with Gasteiger partial charge in [0.2, 0.25) is 0 Å². The lowest BCUT2D eigenvalue weighted by Crippen LogP contribution is -1.93. The molecule has 2 rings (SSSR count). The first-order valence-corrected chi connectivity index (χ1v) is 5.92. The molecule has 0 aromatic heterocycles. The molecule has 0 spiro atoms. The minimum atomic E-state index is 0.781. The highest BCUT2D eigenvalue weighted by molar-refractivity contribution is 5.44. The van der Waals surface area contributed by atoms with Crippen molar-refractivity contribution in [3.8, 4) is 17.2 Å². The average molecular weight is 241 g/mol. The monoisotopic (exact) mass is 241 g/mol. The molecule has 0 aliphatic heterocycles. The summed E-state index contributed by atoms with van der Waals surface area (Å²) in [6.45, 7) is 6.23. The number of hydrogen-bond acceptors (Lipinski definition) is 2. The largest absolute Gasteiger partial charge is 0.497 e. The summed E-state index contributed by atoms with van der Waals surface area (Å²) in [6, 6.07) is 12.7. The Balaban J connectivity index is 2.25. The van der Waals surface area contributed by atoms with Crippen LogP contribution in [0.3, 0.4) is 0 Å². The second kappa shape index (κ2) is 5.13. The third kappa shape index (κ3) is 2.48. The molecule has 0 aliphatic carbocycles. The van der Waals surface area contributed by atoms with Gasteiger partial charge in [-0.25, -0.2) is 0 Å². The quantitative estimate of drug-likeness (QED) is 0.801. The minimum Gasteiger partial charge on any atom is -0.497 e. The van der Waals surface area contributed by atoms with E-state index in [1.54, 1.807) is 7.11 Å². The Kier molecular flexibility index (Phi) is 3.56. The van der Waals surface area contributed by atoms with Crippen molar-refractivity contribution in [1.82, 2.24) is 0 Å². The molecule has 0 saturated carbocycles. The van der Waals surface area contributed by atoms with Crippen molar-refractivity contribution in [3.05, 3.63) is 53.1 Å². The molecule has 1 radical (unpaired) electrons. The zero-order chi connectivity index (χ0) is 13.1. The molecule has 0 N–H and O–H groups in total. The number of ether oxygens (including phenoxy) is 2. The highest BCUT2D eigenvalue weighted by atomic mass is 16.5. The Morgan fingerprint density at radius 1 is 0.889 bits per heavy atom. The van der Waals surface area contributed by atoms with E-state index in [1.807, 2.05) is 30.3 Å². The normalized spacial score (nSPS) is 10.2. The van der Waals surface area contributed by atoms with E-state index in [-0.39, 0.29) is 0 Å². The van der Waals surface area contributed by atoms with Crippen LogP contribution in [0.1, 0.15) is 16.7 Å². The van der Waals surface area contributed by atoms with Crippen LogP contribution >= 0.6 is 0 Å². The van der Waals surface area contributed by atoms with E-state index >= 15 is 0 Å². The minimum absolute atomic E-state index is 0.781. The maximum absolute atomic E-state index is 5.83. The topological polar surface area (TPSA) is 18.5 Å². The lowest BCUT2D eigenvalue weighted by molar-refractivity contribution is 0.412. The van der Waals surface area contributed by atoms with Crippen molar-refractivity contribution >= 4 is 0 Å². The fraction of sp³-hybridized carbons (Fsp3) is 0.250. The van der Waals surface area contributed by atoms with E-state index in [0.29, 0.717) is 0 Å². The van der Waals surface area contributed by atoms with Gasteiger partial charge in [-0.2, -0.15) is 0 Å².